The highest BCUT2D eigenvalue weighted by Gasteiger charge is 2.41. The van der Waals surface area contributed by atoms with Gasteiger partial charge in [-0.05, 0) is 24.3 Å². The van der Waals surface area contributed by atoms with E-state index in [9.17, 15) is 24.0 Å². The number of amides is 4. The second-order valence-electron chi connectivity index (χ2n) is 9.16. The first kappa shape index (κ1) is 27.7. The molecule has 1 fully saturated rings. The molecule has 1 aromatic rings. The van der Waals surface area contributed by atoms with Crippen molar-refractivity contribution in [2.24, 2.45) is 17.8 Å². The largest absolute Gasteiger partial charge is 0.465 e. The number of nitrogens with one attached hydrogen (secondary N) is 3. The van der Waals surface area contributed by atoms with Gasteiger partial charge in [0.15, 0.2) is 0 Å². The van der Waals surface area contributed by atoms with Crippen LogP contribution in [0.5, 0.6) is 0 Å². The summed E-state index contributed by atoms with van der Waals surface area (Å²) in [6.45, 7) is 7.57. The van der Waals surface area contributed by atoms with Crippen LogP contribution < -0.4 is 16.0 Å². The average molecular weight is 491 g/mol. The van der Waals surface area contributed by atoms with Crippen LogP contribution in [-0.2, 0) is 25.7 Å². The lowest BCUT2D eigenvalue weighted by Crippen LogP contribution is -2.61. The average Bonchev–Trinajstić information content (AvgIpc) is 2.78. The number of hydrogen-bond donors (Lipinski definition) is 4. The normalized spacial score (nSPS) is 16.0. The Morgan fingerprint density at radius 2 is 1.71 bits per heavy atom. The molecular weight excluding hydrogens is 456 g/mol. The third-order valence-corrected chi connectivity index (χ3v) is 5.90. The van der Waals surface area contributed by atoms with Gasteiger partial charge in [-0.1, -0.05) is 34.1 Å². The van der Waals surface area contributed by atoms with Crippen molar-refractivity contribution >= 4 is 29.6 Å². The highest BCUT2D eigenvalue weighted by molar-refractivity contribution is 6.38. The minimum absolute atomic E-state index is 0.0228. The maximum absolute atomic E-state index is 13.0. The summed E-state index contributed by atoms with van der Waals surface area (Å²) in [6.07, 6.45) is 2.54. The van der Waals surface area contributed by atoms with Gasteiger partial charge in [-0.3, -0.25) is 19.2 Å². The summed E-state index contributed by atoms with van der Waals surface area (Å²) in [5, 5.41) is 16.5. The van der Waals surface area contributed by atoms with E-state index in [0.29, 0.717) is 12.2 Å². The smallest absolute Gasteiger partial charge is 0.405 e. The summed E-state index contributed by atoms with van der Waals surface area (Å²) < 4.78 is 0. The number of likely N-dealkylation sites (tertiary alicyclic amines) is 1. The summed E-state index contributed by atoms with van der Waals surface area (Å²) in [4.78, 5) is 71.3. The zero-order valence-electron chi connectivity index (χ0n) is 20.5. The van der Waals surface area contributed by atoms with Crippen LogP contribution >= 0.6 is 0 Å². The molecule has 2 rings (SSSR count). The summed E-state index contributed by atoms with van der Waals surface area (Å²) in [5.74, 6) is -2.82. The van der Waals surface area contributed by atoms with E-state index in [0.717, 1.165) is 0 Å². The molecular formula is C23H34N6O6. The lowest BCUT2D eigenvalue weighted by atomic mass is 9.91. The zero-order chi connectivity index (χ0) is 26.1. The quantitative estimate of drug-likeness (QED) is 0.304. The lowest BCUT2D eigenvalue weighted by molar-refractivity contribution is -0.153. The number of carbonyl (C=O) groups excluding carboxylic acids is 4. The van der Waals surface area contributed by atoms with E-state index in [-0.39, 0.29) is 43.8 Å². The Morgan fingerprint density at radius 3 is 2.26 bits per heavy atom. The number of hydrogen-bond acceptors (Lipinski definition) is 7. The van der Waals surface area contributed by atoms with Gasteiger partial charge >= 0.3 is 6.09 Å². The lowest BCUT2D eigenvalue weighted by Gasteiger charge is -2.38. The van der Waals surface area contributed by atoms with Crippen molar-refractivity contribution in [3.63, 3.8) is 0 Å². The van der Waals surface area contributed by atoms with Crippen molar-refractivity contribution in [2.75, 3.05) is 13.1 Å². The second kappa shape index (κ2) is 12.8. The van der Waals surface area contributed by atoms with E-state index >= 15 is 0 Å². The van der Waals surface area contributed by atoms with E-state index in [1.807, 2.05) is 20.8 Å². The fraction of sp³-hybridized carbons (Fsp3) is 0.609. The first-order chi connectivity index (χ1) is 16.5. The highest BCUT2D eigenvalue weighted by atomic mass is 16.4. The van der Waals surface area contributed by atoms with Crippen molar-refractivity contribution in [3.8, 4) is 0 Å². The van der Waals surface area contributed by atoms with Gasteiger partial charge in [0.1, 0.15) is 11.9 Å². The number of nitrogens with zero attached hydrogens (tertiary/aromatic N) is 3. The third kappa shape index (κ3) is 8.01. The zero-order valence-corrected chi connectivity index (χ0v) is 20.5. The standard InChI is InChI=1S/C23H34N6O6/c1-5-14(4)18(28-21(32)16(9-13(2)3)27-23(34)35)19(30)22(33)29-11-15(12-29)20(31)26-10-17-24-7-6-8-25-17/h6-8,13-16,18,27H,5,9-12H2,1-4H3,(H,26,31)(H,28,32)(H,34,35)/t14-,16-,18?/m0/s1. The molecule has 1 unspecified atom stereocenters. The summed E-state index contributed by atoms with van der Waals surface area (Å²) >= 11 is 0. The van der Waals surface area contributed by atoms with Crippen LogP contribution in [0.25, 0.3) is 0 Å². The van der Waals surface area contributed by atoms with E-state index in [1.165, 1.54) is 4.90 Å². The number of ketones is 1. The Labute approximate surface area is 204 Å². The van der Waals surface area contributed by atoms with Crippen molar-refractivity contribution in [1.82, 2.24) is 30.8 Å². The molecule has 1 saturated heterocycles. The number of aromatic nitrogens is 2. The number of Topliss-reactive ketones (excluding diaryl/α,β-unsaturated/α-hetero) is 1. The van der Waals surface area contributed by atoms with E-state index in [4.69, 9.17) is 5.11 Å². The van der Waals surface area contributed by atoms with Gasteiger partial charge in [0.25, 0.3) is 5.91 Å². The van der Waals surface area contributed by atoms with Crippen LogP contribution in [0.4, 0.5) is 4.79 Å². The number of carboxylic acid groups (broad SMARTS) is 1. The molecule has 12 heteroatoms. The van der Waals surface area contributed by atoms with Gasteiger partial charge in [-0.25, -0.2) is 14.8 Å². The molecule has 0 spiro atoms. The molecule has 0 aromatic carbocycles. The molecule has 3 atom stereocenters. The van der Waals surface area contributed by atoms with Crippen LogP contribution in [-0.4, -0.2) is 74.7 Å². The van der Waals surface area contributed by atoms with E-state index < -0.39 is 41.7 Å². The minimum Gasteiger partial charge on any atom is -0.465 e. The van der Waals surface area contributed by atoms with E-state index in [1.54, 1.807) is 25.4 Å². The Hall–Kier alpha value is -3.57. The highest BCUT2D eigenvalue weighted by Crippen LogP contribution is 2.19. The van der Waals surface area contributed by atoms with E-state index in [2.05, 4.69) is 25.9 Å². The molecule has 12 nitrogen and oxygen atoms in total. The summed E-state index contributed by atoms with van der Waals surface area (Å²) in [5.41, 5.74) is 0. The van der Waals surface area contributed by atoms with Crippen molar-refractivity contribution in [3.05, 3.63) is 24.3 Å². The molecule has 0 saturated carbocycles. The van der Waals surface area contributed by atoms with Crippen LogP contribution in [0.2, 0.25) is 0 Å². The Balaban J connectivity index is 1.96. The van der Waals surface area contributed by atoms with Gasteiger partial charge < -0.3 is 26.0 Å². The van der Waals surface area contributed by atoms with Crippen molar-refractivity contribution < 1.29 is 29.1 Å². The monoisotopic (exact) mass is 490 g/mol. The molecule has 4 amide bonds. The SMILES string of the molecule is CC[C@H](C)C(NC(=O)[C@H](CC(C)C)NC(=O)O)C(=O)C(=O)N1CC(C(=O)NCc2ncccn2)C1. The molecule has 0 bridgehead atoms. The van der Waals surface area contributed by atoms with Crippen LogP contribution in [0, 0.1) is 17.8 Å². The molecule has 1 aromatic heterocycles. The maximum Gasteiger partial charge on any atom is 0.405 e. The number of rotatable bonds is 12. The molecule has 4 N–H and O–H groups in total. The Morgan fingerprint density at radius 1 is 1.09 bits per heavy atom. The Kier molecular flexibility index (Phi) is 10.1. The first-order valence-corrected chi connectivity index (χ1v) is 11.7. The number of carbonyl (C=O) groups is 5. The van der Waals surface area contributed by atoms with Gasteiger partial charge in [0, 0.05) is 25.5 Å². The molecule has 2 heterocycles. The maximum atomic E-state index is 13.0. The molecule has 1 aliphatic rings. The van der Waals surface area contributed by atoms with Gasteiger partial charge in [0.05, 0.1) is 18.5 Å². The van der Waals surface area contributed by atoms with Crippen LogP contribution in [0.1, 0.15) is 46.4 Å². The predicted molar refractivity (Wildman–Crippen MR) is 125 cm³/mol. The fourth-order valence-corrected chi connectivity index (χ4v) is 3.64. The van der Waals surface area contributed by atoms with Crippen molar-refractivity contribution in [1.29, 1.82) is 0 Å². The van der Waals surface area contributed by atoms with Crippen molar-refractivity contribution in [2.45, 2.75) is 59.2 Å². The molecule has 192 valence electrons. The Bertz CT molecular complexity index is 918. The van der Waals surface area contributed by atoms with Gasteiger partial charge in [-0.15, -0.1) is 0 Å². The minimum atomic E-state index is -1.35. The molecule has 0 radical (unpaired) electrons. The van der Waals surface area contributed by atoms with Crippen LogP contribution in [0.15, 0.2) is 18.5 Å². The topological polar surface area (TPSA) is 171 Å². The predicted octanol–water partition coefficient (Wildman–Crippen LogP) is 0.334. The van der Waals surface area contributed by atoms with Gasteiger partial charge in [0.2, 0.25) is 17.6 Å². The fourth-order valence-electron chi connectivity index (χ4n) is 3.64. The molecule has 35 heavy (non-hydrogen) atoms. The van der Waals surface area contributed by atoms with Crippen LogP contribution in [0.3, 0.4) is 0 Å². The summed E-state index contributed by atoms with van der Waals surface area (Å²) in [7, 11) is 0. The molecule has 1 aliphatic heterocycles. The molecule has 0 aliphatic carbocycles. The second-order valence-corrected chi connectivity index (χ2v) is 9.16. The van der Waals surface area contributed by atoms with Gasteiger partial charge in [-0.2, -0.15) is 0 Å². The summed E-state index contributed by atoms with van der Waals surface area (Å²) in [6, 6.07) is -0.485. The first-order valence-electron chi connectivity index (χ1n) is 11.7. The third-order valence-electron chi connectivity index (χ3n) is 5.90.